The molecule has 2 amide bonds. The largest absolute Gasteiger partial charge is 0.480 e. The first kappa shape index (κ1) is 20.0. The Morgan fingerprint density at radius 2 is 1.70 bits per heavy atom. The van der Waals surface area contributed by atoms with Gasteiger partial charge in [-0.25, -0.2) is 0 Å². The van der Waals surface area contributed by atoms with Crippen molar-refractivity contribution < 1.29 is 14.3 Å². The molecule has 1 unspecified atom stereocenters. The van der Waals surface area contributed by atoms with Crippen molar-refractivity contribution in [3.05, 3.63) is 59.7 Å². The van der Waals surface area contributed by atoms with Gasteiger partial charge >= 0.3 is 0 Å². The van der Waals surface area contributed by atoms with Gasteiger partial charge in [-0.15, -0.1) is 0 Å². The molecule has 0 heterocycles. The van der Waals surface area contributed by atoms with Crippen molar-refractivity contribution in [2.75, 3.05) is 5.32 Å². The van der Waals surface area contributed by atoms with Crippen LogP contribution < -0.4 is 15.4 Å². The molecule has 1 atom stereocenters. The number of carbonyl (C=O) groups is 2. The molecule has 2 aromatic carbocycles. The molecule has 0 aliphatic rings. The minimum atomic E-state index is -0.789. The van der Waals surface area contributed by atoms with E-state index in [1.54, 1.807) is 55.5 Å². The van der Waals surface area contributed by atoms with Crippen LogP contribution in [-0.4, -0.2) is 23.5 Å². The number of hydrogen-bond acceptors (Lipinski definition) is 4. The number of nitrogens with zero attached hydrogens (tertiary/aromatic N) is 1. The lowest BCUT2D eigenvalue weighted by atomic mass is 10.1. The maximum atomic E-state index is 12.3. The van der Waals surface area contributed by atoms with E-state index in [1.165, 1.54) is 0 Å². The Balaban J connectivity index is 1.99. The van der Waals surface area contributed by atoms with E-state index in [0.29, 0.717) is 22.6 Å². The summed E-state index contributed by atoms with van der Waals surface area (Å²) in [4.78, 5) is 24.4. The SMILES string of the molecule is CC(Oc1ccccc1C#N)C(=O)Nc1ccc(C(=O)NC(C)(C)C)cc1. The number of para-hydroxylation sites is 1. The van der Waals surface area contributed by atoms with Crippen LogP contribution in [0.1, 0.15) is 43.6 Å². The summed E-state index contributed by atoms with van der Waals surface area (Å²) in [5.74, 6) is -0.170. The summed E-state index contributed by atoms with van der Waals surface area (Å²) in [7, 11) is 0. The first-order chi connectivity index (χ1) is 12.7. The van der Waals surface area contributed by atoms with E-state index in [9.17, 15) is 9.59 Å². The number of benzene rings is 2. The highest BCUT2D eigenvalue weighted by atomic mass is 16.5. The number of rotatable bonds is 5. The maximum Gasteiger partial charge on any atom is 0.265 e. The molecule has 0 aliphatic carbocycles. The minimum absolute atomic E-state index is 0.176. The summed E-state index contributed by atoms with van der Waals surface area (Å²) in [6.45, 7) is 7.33. The molecule has 0 aliphatic heterocycles. The summed E-state index contributed by atoms with van der Waals surface area (Å²) in [5.41, 5.74) is 1.11. The highest BCUT2D eigenvalue weighted by Gasteiger charge is 2.18. The third-order valence-electron chi connectivity index (χ3n) is 3.58. The fraction of sp³-hybridized carbons (Fsp3) is 0.286. The first-order valence-electron chi connectivity index (χ1n) is 8.59. The molecule has 0 saturated heterocycles. The third-order valence-corrected chi connectivity index (χ3v) is 3.58. The third kappa shape index (κ3) is 5.86. The normalized spacial score (nSPS) is 11.8. The van der Waals surface area contributed by atoms with Gasteiger partial charge in [0, 0.05) is 16.8 Å². The Hall–Kier alpha value is -3.33. The maximum absolute atomic E-state index is 12.3. The highest BCUT2D eigenvalue weighted by Crippen LogP contribution is 2.19. The Bertz CT molecular complexity index is 861. The number of nitriles is 1. The van der Waals surface area contributed by atoms with E-state index in [2.05, 4.69) is 10.6 Å². The van der Waals surface area contributed by atoms with Crippen molar-refractivity contribution in [2.45, 2.75) is 39.3 Å². The molecule has 2 aromatic rings. The topological polar surface area (TPSA) is 91.2 Å². The zero-order valence-electron chi connectivity index (χ0n) is 15.9. The molecule has 27 heavy (non-hydrogen) atoms. The van der Waals surface area contributed by atoms with Gasteiger partial charge in [-0.1, -0.05) is 12.1 Å². The number of amides is 2. The van der Waals surface area contributed by atoms with Crippen LogP contribution in [0.3, 0.4) is 0 Å². The smallest absolute Gasteiger partial charge is 0.265 e. The van der Waals surface area contributed by atoms with Crippen LogP contribution in [0.4, 0.5) is 5.69 Å². The van der Waals surface area contributed by atoms with Crippen LogP contribution in [0.5, 0.6) is 5.75 Å². The summed E-state index contributed by atoms with van der Waals surface area (Å²) in [6.07, 6.45) is -0.789. The quantitative estimate of drug-likeness (QED) is 0.848. The molecular weight excluding hydrogens is 342 g/mol. The van der Waals surface area contributed by atoms with Gasteiger partial charge in [0.25, 0.3) is 11.8 Å². The Morgan fingerprint density at radius 1 is 1.07 bits per heavy atom. The fourth-order valence-corrected chi connectivity index (χ4v) is 2.27. The van der Waals surface area contributed by atoms with Crippen LogP contribution in [-0.2, 0) is 4.79 Å². The van der Waals surface area contributed by atoms with E-state index >= 15 is 0 Å². The molecule has 2 N–H and O–H groups in total. The minimum Gasteiger partial charge on any atom is -0.480 e. The molecule has 0 spiro atoms. The lowest BCUT2D eigenvalue weighted by Crippen LogP contribution is -2.40. The van der Waals surface area contributed by atoms with E-state index in [-0.39, 0.29) is 17.4 Å². The lowest BCUT2D eigenvalue weighted by molar-refractivity contribution is -0.122. The molecule has 2 rings (SSSR count). The van der Waals surface area contributed by atoms with Gasteiger partial charge in [-0.3, -0.25) is 9.59 Å². The summed E-state index contributed by atoms with van der Waals surface area (Å²) in [5, 5.41) is 14.7. The van der Waals surface area contributed by atoms with Crippen molar-refractivity contribution in [1.29, 1.82) is 5.26 Å². The van der Waals surface area contributed by atoms with E-state index in [1.807, 2.05) is 26.8 Å². The van der Waals surface area contributed by atoms with Crippen LogP contribution in [0.15, 0.2) is 48.5 Å². The van der Waals surface area contributed by atoms with Crippen molar-refractivity contribution in [3.63, 3.8) is 0 Å². The number of ether oxygens (including phenoxy) is 1. The van der Waals surface area contributed by atoms with Crippen molar-refractivity contribution >= 4 is 17.5 Å². The number of carbonyl (C=O) groups excluding carboxylic acids is 2. The van der Waals surface area contributed by atoms with Crippen molar-refractivity contribution in [3.8, 4) is 11.8 Å². The second kappa shape index (κ2) is 8.37. The predicted molar refractivity (Wildman–Crippen MR) is 104 cm³/mol. The van der Waals surface area contributed by atoms with E-state index in [4.69, 9.17) is 10.00 Å². The lowest BCUT2D eigenvalue weighted by Gasteiger charge is -2.20. The first-order valence-corrected chi connectivity index (χ1v) is 8.59. The molecular formula is C21H23N3O3. The van der Waals surface area contributed by atoms with Gasteiger partial charge in [-0.05, 0) is 64.1 Å². The van der Waals surface area contributed by atoms with E-state index < -0.39 is 6.10 Å². The zero-order chi connectivity index (χ0) is 20.0. The van der Waals surface area contributed by atoms with Crippen LogP contribution in [0.25, 0.3) is 0 Å². The van der Waals surface area contributed by atoms with Gasteiger partial charge in [0.1, 0.15) is 11.8 Å². The summed E-state index contributed by atoms with van der Waals surface area (Å²) >= 11 is 0. The Kier molecular flexibility index (Phi) is 6.19. The van der Waals surface area contributed by atoms with Crippen LogP contribution >= 0.6 is 0 Å². The second-order valence-electron chi connectivity index (χ2n) is 7.14. The number of hydrogen-bond donors (Lipinski definition) is 2. The summed E-state index contributed by atoms with van der Waals surface area (Å²) < 4.78 is 5.59. The zero-order valence-corrected chi connectivity index (χ0v) is 15.9. The molecule has 6 nitrogen and oxygen atoms in total. The molecule has 0 radical (unpaired) electrons. The van der Waals surface area contributed by atoms with Crippen LogP contribution in [0.2, 0.25) is 0 Å². The molecule has 0 aromatic heterocycles. The number of anilines is 1. The monoisotopic (exact) mass is 365 g/mol. The Morgan fingerprint density at radius 3 is 2.30 bits per heavy atom. The summed E-state index contributed by atoms with van der Waals surface area (Å²) in [6, 6.07) is 15.4. The molecule has 6 heteroatoms. The molecule has 140 valence electrons. The van der Waals surface area contributed by atoms with Gasteiger partial charge in [0.2, 0.25) is 0 Å². The van der Waals surface area contributed by atoms with E-state index in [0.717, 1.165) is 0 Å². The molecule has 0 bridgehead atoms. The molecule has 0 fully saturated rings. The average molecular weight is 365 g/mol. The van der Waals surface area contributed by atoms with Gasteiger partial charge < -0.3 is 15.4 Å². The van der Waals surface area contributed by atoms with Crippen molar-refractivity contribution in [2.24, 2.45) is 0 Å². The van der Waals surface area contributed by atoms with Crippen LogP contribution in [0, 0.1) is 11.3 Å². The van der Waals surface area contributed by atoms with Crippen molar-refractivity contribution in [1.82, 2.24) is 5.32 Å². The van der Waals surface area contributed by atoms with Gasteiger partial charge in [-0.2, -0.15) is 5.26 Å². The van der Waals surface area contributed by atoms with Gasteiger partial charge in [0.05, 0.1) is 5.56 Å². The van der Waals surface area contributed by atoms with Gasteiger partial charge in [0.15, 0.2) is 6.10 Å². The second-order valence-corrected chi connectivity index (χ2v) is 7.14. The number of nitrogens with one attached hydrogen (secondary N) is 2. The highest BCUT2D eigenvalue weighted by molar-refractivity contribution is 5.97. The standard InChI is InChI=1S/C21H23N3O3/c1-14(27-18-8-6-5-7-16(18)13-22)19(25)23-17-11-9-15(10-12-17)20(26)24-21(2,3)4/h5-12,14H,1-4H3,(H,23,25)(H,24,26). The molecule has 0 saturated carbocycles. The fourth-order valence-electron chi connectivity index (χ4n) is 2.27. The Labute approximate surface area is 159 Å². The predicted octanol–water partition coefficient (Wildman–Crippen LogP) is 3.49. The average Bonchev–Trinajstić information content (AvgIpc) is 2.61.